The monoisotopic (exact) mass is 417 g/mol. The Balaban J connectivity index is 1.51. The minimum atomic E-state index is -0.194. The number of imidazole rings is 1. The number of nitrogens with zero attached hydrogens (tertiary/aromatic N) is 2. The summed E-state index contributed by atoms with van der Waals surface area (Å²) in [7, 11) is 0. The molecule has 30 heavy (non-hydrogen) atoms. The van der Waals surface area contributed by atoms with Crippen LogP contribution < -0.4 is 5.32 Å². The van der Waals surface area contributed by atoms with Crippen LogP contribution in [0.2, 0.25) is 5.02 Å². The lowest BCUT2D eigenvalue weighted by Gasteiger charge is -2.10. The van der Waals surface area contributed by atoms with Crippen LogP contribution >= 0.6 is 11.6 Å². The molecule has 4 rings (SSSR count). The van der Waals surface area contributed by atoms with E-state index in [1.54, 1.807) is 24.3 Å². The van der Waals surface area contributed by atoms with Crippen molar-refractivity contribution in [1.29, 1.82) is 0 Å². The molecule has 6 heteroatoms. The molecule has 4 aromatic rings. The first-order valence-corrected chi connectivity index (χ1v) is 10.1. The van der Waals surface area contributed by atoms with Crippen LogP contribution in [-0.4, -0.2) is 27.8 Å². The van der Waals surface area contributed by atoms with Crippen molar-refractivity contribution in [2.45, 2.75) is 13.0 Å². The van der Waals surface area contributed by atoms with Gasteiger partial charge in [-0.15, -0.1) is 0 Å². The van der Waals surface area contributed by atoms with Gasteiger partial charge in [-0.05, 0) is 30.3 Å². The van der Waals surface area contributed by atoms with E-state index in [9.17, 15) is 9.59 Å². The summed E-state index contributed by atoms with van der Waals surface area (Å²) in [4.78, 5) is 29.8. The minimum absolute atomic E-state index is 0.0166. The average Bonchev–Trinajstić information content (AvgIpc) is 3.11. The Bertz CT molecular complexity index is 1200. The third-order valence-electron chi connectivity index (χ3n) is 4.85. The van der Waals surface area contributed by atoms with Crippen LogP contribution in [0, 0.1) is 0 Å². The molecule has 0 atom stereocenters. The number of benzene rings is 3. The second kappa shape index (κ2) is 8.93. The lowest BCUT2D eigenvalue weighted by atomic mass is 10.1. The van der Waals surface area contributed by atoms with E-state index >= 15 is 0 Å². The number of amides is 1. The van der Waals surface area contributed by atoms with E-state index in [2.05, 4.69) is 10.3 Å². The molecule has 3 aromatic carbocycles. The van der Waals surface area contributed by atoms with Gasteiger partial charge in [0.1, 0.15) is 5.82 Å². The first-order chi connectivity index (χ1) is 14.6. The number of carbonyl (C=O) groups is 2. The maximum atomic E-state index is 12.8. The van der Waals surface area contributed by atoms with Crippen molar-refractivity contribution in [2.24, 2.45) is 0 Å². The molecular formula is C24H20ClN3O2. The van der Waals surface area contributed by atoms with E-state index in [0.717, 1.165) is 16.9 Å². The fraction of sp³-hybridized carbons (Fsp3) is 0.125. The van der Waals surface area contributed by atoms with Crippen LogP contribution in [0.3, 0.4) is 0 Å². The molecule has 0 aliphatic rings. The van der Waals surface area contributed by atoms with Crippen molar-refractivity contribution in [2.75, 3.05) is 6.54 Å². The summed E-state index contributed by atoms with van der Waals surface area (Å²) in [5, 5.41) is 3.41. The highest BCUT2D eigenvalue weighted by Gasteiger charge is 2.15. The molecule has 1 amide bonds. The van der Waals surface area contributed by atoms with Gasteiger partial charge in [-0.2, -0.15) is 0 Å². The number of ketones is 1. The van der Waals surface area contributed by atoms with Crippen molar-refractivity contribution >= 4 is 34.3 Å². The van der Waals surface area contributed by atoms with Crippen molar-refractivity contribution in [1.82, 2.24) is 14.9 Å². The lowest BCUT2D eigenvalue weighted by Crippen LogP contribution is -2.26. The van der Waals surface area contributed by atoms with Crippen LogP contribution in [0.4, 0.5) is 0 Å². The van der Waals surface area contributed by atoms with Gasteiger partial charge < -0.3 is 9.88 Å². The van der Waals surface area contributed by atoms with Crippen molar-refractivity contribution in [3.63, 3.8) is 0 Å². The molecule has 1 N–H and O–H groups in total. The molecule has 0 bridgehead atoms. The highest BCUT2D eigenvalue weighted by molar-refractivity contribution is 6.30. The summed E-state index contributed by atoms with van der Waals surface area (Å²) in [6.07, 6.45) is 0.503. The Labute approximate surface area is 179 Å². The third kappa shape index (κ3) is 4.42. The largest absolute Gasteiger partial charge is 0.352 e. The number of Topliss-reactive ketones (excluding diaryl/α,β-unsaturated/α-hetero) is 1. The Kier molecular flexibility index (Phi) is 5.91. The predicted octanol–water partition coefficient (Wildman–Crippen LogP) is 4.55. The van der Waals surface area contributed by atoms with Gasteiger partial charge in [0.05, 0.1) is 17.6 Å². The zero-order chi connectivity index (χ0) is 20.9. The molecule has 0 fully saturated rings. The standard InChI is InChI=1S/C24H20ClN3O2/c25-19-10-6-9-18(15-19)24(30)26-14-13-23-27-20-11-4-5-12-21(20)28(23)16-22(29)17-7-2-1-3-8-17/h1-12,15H,13-14,16H2,(H,26,30). The molecule has 0 saturated heterocycles. The van der Waals surface area contributed by atoms with Crippen LogP contribution in [0.5, 0.6) is 0 Å². The van der Waals surface area contributed by atoms with E-state index in [0.29, 0.717) is 29.1 Å². The van der Waals surface area contributed by atoms with Gasteiger partial charge in [-0.25, -0.2) is 4.98 Å². The molecule has 1 aromatic heterocycles. The molecule has 0 saturated carbocycles. The van der Waals surface area contributed by atoms with Gasteiger partial charge in [0.15, 0.2) is 5.78 Å². The Morgan fingerprint density at radius 3 is 2.43 bits per heavy atom. The SMILES string of the molecule is O=C(Cn1c(CCNC(=O)c2cccc(Cl)c2)nc2ccccc21)c1ccccc1. The van der Waals surface area contributed by atoms with E-state index in [1.807, 2.05) is 59.2 Å². The van der Waals surface area contributed by atoms with E-state index in [-0.39, 0.29) is 18.2 Å². The summed E-state index contributed by atoms with van der Waals surface area (Å²) in [6.45, 7) is 0.594. The molecule has 1 heterocycles. The molecule has 150 valence electrons. The van der Waals surface area contributed by atoms with Crippen LogP contribution in [0.1, 0.15) is 26.5 Å². The third-order valence-corrected chi connectivity index (χ3v) is 5.09. The maximum Gasteiger partial charge on any atom is 0.251 e. The van der Waals surface area contributed by atoms with Gasteiger partial charge in [-0.1, -0.05) is 60.1 Å². The highest BCUT2D eigenvalue weighted by Crippen LogP contribution is 2.18. The Morgan fingerprint density at radius 1 is 0.900 bits per heavy atom. The highest BCUT2D eigenvalue weighted by atomic mass is 35.5. The van der Waals surface area contributed by atoms with Crippen molar-refractivity contribution < 1.29 is 9.59 Å². The second-order valence-corrected chi connectivity index (χ2v) is 7.34. The van der Waals surface area contributed by atoms with Crippen LogP contribution in [0.15, 0.2) is 78.9 Å². The minimum Gasteiger partial charge on any atom is -0.352 e. The second-order valence-electron chi connectivity index (χ2n) is 6.91. The van der Waals surface area contributed by atoms with E-state index in [1.165, 1.54) is 0 Å². The molecule has 0 radical (unpaired) electrons. The summed E-state index contributed by atoms with van der Waals surface area (Å²) < 4.78 is 1.93. The number of halogens is 1. The number of nitrogens with one attached hydrogen (secondary N) is 1. The van der Waals surface area contributed by atoms with Gasteiger partial charge in [-0.3, -0.25) is 9.59 Å². The summed E-state index contributed by atoms with van der Waals surface area (Å²) in [5.41, 5.74) is 2.90. The summed E-state index contributed by atoms with van der Waals surface area (Å²) in [6, 6.07) is 23.8. The fourth-order valence-electron chi connectivity index (χ4n) is 3.37. The van der Waals surface area contributed by atoms with Gasteiger partial charge in [0.25, 0.3) is 5.91 Å². The first kappa shape index (κ1) is 19.9. The molecule has 0 unspecified atom stereocenters. The van der Waals surface area contributed by atoms with Crippen LogP contribution in [-0.2, 0) is 13.0 Å². The van der Waals surface area contributed by atoms with Crippen molar-refractivity contribution in [3.8, 4) is 0 Å². The molecule has 0 spiro atoms. The van der Waals surface area contributed by atoms with Gasteiger partial charge in [0.2, 0.25) is 0 Å². The number of hydrogen-bond donors (Lipinski definition) is 1. The smallest absolute Gasteiger partial charge is 0.251 e. The Hall–Kier alpha value is -3.44. The number of aromatic nitrogens is 2. The Morgan fingerprint density at radius 2 is 1.63 bits per heavy atom. The van der Waals surface area contributed by atoms with E-state index in [4.69, 9.17) is 11.6 Å². The molecule has 5 nitrogen and oxygen atoms in total. The zero-order valence-corrected chi connectivity index (χ0v) is 17.0. The quantitative estimate of drug-likeness (QED) is 0.449. The fourth-order valence-corrected chi connectivity index (χ4v) is 3.56. The average molecular weight is 418 g/mol. The van der Waals surface area contributed by atoms with E-state index < -0.39 is 0 Å². The maximum absolute atomic E-state index is 12.8. The molecular weight excluding hydrogens is 398 g/mol. The number of hydrogen-bond acceptors (Lipinski definition) is 3. The number of carbonyl (C=O) groups excluding carboxylic acids is 2. The number of rotatable bonds is 7. The van der Waals surface area contributed by atoms with Crippen LogP contribution in [0.25, 0.3) is 11.0 Å². The summed E-state index contributed by atoms with van der Waals surface area (Å²) >= 11 is 5.96. The molecule has 0 aliphatic carbocycles. The van der Waals surface area contributed by atoms with Gasteiger partial charge in [0, 0.05) is 29.1 Å². The number of para-hydroxylation sites is 2. The normalized spacial score (nSPS) is 10.8. The first-order valence-electron chi connectivity index (χ1n) is 9.68. The topological polar surface area (TPSA) is 64.0 Å². The summed E-state index contributed by atoms with van der Waals surface area (Å²) in [5.74, 6) is 0.579. The predicted molar refractivity (Wildman–Crippen MR) is 118 cm³/mol. The molecule has 0 aliphatic heterocycles. The number of fused-ring (bicyclic) bond motifs is 1. The zero-order valence-electron chi connectivity index (χ0n) is 16.2. The lowest BCUT2D eigenvalue weighted by molar-refractivity contribution is 0.0948. The van der Waals surface area contributed by atoms with Gasteiger partial charge >= 0.3 is 0 Å². The van der Waals surface area contributed by atoms with Crippen molar-refractivity contribution in [3.05, 3.63) is 101 Å².